The van der Waals surface area contributed by atoms with Gasteiger partial charge in [0, 0.05) is 5.69 Å². The summed E-state index contributed by atoms with van der Waals surface area (Å²) in [7, 11) is 0. The number of carbonyl (C=O) groups is 1. The van der Waals surface area contributed by atoms with Crippen LogP contribution in [0, 0.1) is 11.3 Å². The number of carbonyl (C=O) groups excluding carboxylic acids is 1. The van der Waals surface area contributed by atoms with Gasteiger partial charge in [0.05, 0.1) is 24.8 Å². The maximum absolute atomic E-state index is 11.4. The molecule has 6 heteroatoms. The van der Waals surface area contributed by atoms with Gasteiger partial charge in [-0.1, -0.05) is 0 Å². The summed E-state index contributed by atoms with van der Waals surface area (Å²) < 4.78 is 0. The van der Waals surface area contributed by atoms with Gasteiger partial charge in [-0.05, 0) is 31.2 Å². The van der Waals surface area contributed by atoms with Crippen molar-refractivity contribution in [3.05, 3.63) is 29.8 Å². The molecule has 0 heterocycles. The highest BCUT2D eigenvalue weighted by Gasteiger charge is 2.19. The summed E-state index contributed by atoms with van der Waals surface area (Å²) in [6, 6.07) is 7.84. The lowest BCUT2D eigenvalue weighted by atomic mass is 10.1. The molecule has 1 rings (SSSR count). The first-order valence-electron chi connectivity index (χ1n) is 5.35. The maximum Gasteiger partial charge on any atom is 0.319 e. The molecule has 1 aromatic rings. The van der Waals surface area contributed by atoms with E-state index in [-0.39, 0.29) is 6.54 Å². The van der Waals surface area contributed by atoms with Crippen molar-refractivity contribution in [1.82, 2.24) is 5.32 Å². The molecule has 6 nitrogen and oxygen atoms in total. The molecule has 96 valence electrons. The highest BCUT2D eigenvalue weighted by Crippen LogP contribution is 2.08. The van der Waals surface area contributed by atoms with Crippen molar-refractivity contribution in [2.45, 2.75) is 12.5 Å². The van der Waals surface area contributed by atoms with Gasteiger partial charge in [-0.3, -0.25) is 0 Å². The monoisotopic (exact) mass is 249 g/mol. The van der Waals surface area contributed by atoms with Crippen LogP contribution >= 0.6 is 0 Å². The van der Waals surface area contributed by atoms with E-state index < -0.39 is 18.2 Å². The molecule has 0 saturated heterocycles. The van der Waals surface area contributed by atoms with Crippen LogP contribution in [0.2, 0.25) is 0 Å². The molecule has 1 atom stereocenters. The molecular formula is C12H15N3O3. The SMILES string of the molecule is CC(O)(CO)CNC(=O)Nc1ccc(C#N)cc1. The van der Waals surface area contributed by atoms with Gasteiger partial charge in [0.15, 0.2) is 0 Å². The third kappa shape index (κ3) is 4.41. The fraction of sp³-hybridized carbons (Fsp3) is 0.333. The van der Waals surface area contributed by atoms with E-state index >= 15 is 0 Å². The summed E-state index contributed by atoms with van der Waals surface area (Å²) in [5, 5.41) is 31.9. The normalized spacial score (nSPS) is 13.2. The Bertz CT molecular complexity index is 449. The van der Waals surface area contributed by atoms with Crippen LogP contribution < -0.4 is 10.6 Å². The molecule has 1 unspecified atom stereocenters. The topological polar surface area (TPSA) is 105 Å². The summed E-state index contributed by atoms with van der Waals surface area (Å²) >= 11 is 0. The number of benzene rings is 1. The van der Waals surface area contributed by atoms with Crippen molar-refractivity contribution in [2.75, 3.05) is 18.5 Å². The van der Waals surface area contributed by atoms with E-state index in [1.165, 1.54) is 6.92 Å². The number of urea groups is 1. The number of nitrogens with one attached hydrogen (secondary N) is 2. The number of hydrogen-bond acceptors (Lipinski definition) is 4. The molecule has 0 saturated carbocycles. The Labute approximate surface area is 105 Å². The number of anilines is 1. The van der Waals surface area contributed by atoms with Gasteiger partial charge in [-0.2, -0.15) is 5.26 Å². The Morgan fingerprint density at radius 3 is 2.56 bits per heavy atom. The lowest BCUT2D eigenvalue weighted by Crippen LogP contribution is -2.44. The van der Waals surface area contributed by atoms with E-state index in [0.717, 1.165) is 0 Å². The average molecular weight is 249 g/mol. The van der Waals surface area contributed by atoms with Crippen molar-refractivity contribution in [1.29, 1.82) is 5.26 Å². The number of nitriles is 1. The van der Waals surface area contributed by atoms with Crippen LogP contribution in [0.4, 0.5) is 10.5 Å². The molecule has 0 radical (unpaired) electrons. The number of aliphatic hydroxyl groups excluding tert-OH is 1. The molecule has 0 aliphatic rings. The molecular weight excluding hydrogens is 234 g/mol. The summed E-state index contributed by atoms with van der Waals surface area (Å²) in [6.45, 7) is 0.907. The minimum atomic E-state index is -1.35. The molecule has 0 bridgehead atoms. The third-order valence-corrected chi connectivity index (χ3v) is 2.24. The number of aliphatic hydroxyl groups is 2. The van der Waals surface area contributed by atoms with Crippen LogP contribution in [-0.2, 0) is 0 Å². The van der Waals surface area contributed by atoms with E-state index in [1.54, 1.807) is 24.3 Å². The first-order chi connectivity index (χ1) is 8.46. The fourth-order valence-corrected chi connectivity index (χ4v) is 1.13. The standard InChI is InChI=1S/C12H15N3O3/c1-12(18,8-16)7-14-11(17)15-10-4-2-9(6-13)3-5-10/h2-5,16,18H,7-8H2,1H3,(H2,14,15,17). The van der Waals surface area contributed by atoms with Crippen LogP contribution in [0.1, 0.15) is 12.5 Å². The Kier molecular flexibility index (Phi) is 4.66. The predicted octanol–water partition coefficient (Wildman–Crippen LogP) is 0.423. The van der Waals surface area contributed by atoms with Crippen LogP contribution in [0.15, 0.2) is 24.3 Å². The Morgan fingerprint density at radius 1 is 1.44 bits per heavy atom. The smallest absolute Gasteiger partial charge is 0.319 e. The summed E-state index contributed by atoms with van der Waals surface area (Å²) in [4.78, 5) is 11.4. The lowest BCUT2D eigenvalue weighted by Gasteiger charge is -2.20. The fourth-order valence-electron chi connectivity index (χ4n) is 1.13. The van der Waals surface area contributed by atoms with E-state index in [0.29, 0.717) is 11.3 Å². The second-order valence-electron chi connectivity index (χ2n) is 4.15. The summed E-state index contributed by atoms with van der Waals surface area (Å²) in [6.07, 6.45) is 0. The predicted molar refractivity (Wildman–Crippen MR) is 65.9 cm³/mol. The molecule has 4 N–H and O–H groups in total. The second kappa shape index (κ2) is 6.00. The zero-order valence-corrected chi connectivity index (χ0v) is 9.97. The van der Waals surface area contributed by atoms with Gasteiger partial charge < -0.3 is 20.8 Å². The zero-order valence-electron chi connectivity index (χ0n) is 9.97. The van der Waals surface area contributed by atoms with E-state index in [4.69, 9.17) is 10.4 Å². The molecule has 0 aromatic heterocycles. The van der Waals surface area contributed by atoms with Crippen molar-refractivity contribution < 1.29 is 15.0 Å². The zero-order chi connectivity index (χ0) is 13.6. The largest absolute Gasteiger partial charge is 0.393 e. The van der Waals surface area contributed by atoms with Crippen LogP contribution in [0.5, 0.6) is 0 Å². The van der Waals surface area contributed by atoms with E-state index in [9.17, 15) is 9.90 Å². The van der Waals surface area contributed by atoms with Gasteiger partial charge in [0.1, 0.15) is 5.60 Å². The van der Waals surface area contributed by atoms with Crippen LogP contribution in [-0.4, -0.2) is 35.0 Å². The van der Waals surface area contributed by atoms with E-state index in [2.05, 4.69) is 10.6 Å². The first kappa shape index (κ1) is 14.0. The van der Waals surface area contributed by atoms with Crippen LogP contribution in [0.25, 0.3) is 0 Å². The highest BCUT2D eigenvalue weighted by molar-refractivity contribution is 5.89. The highest BCUT2D eigenvalue weighted by atomic mass is 16.3. The van der Waals surface area contributed by atoms with Gasteiger partial charge in [0.25, 0.3) is 0 Å². The minimum Gasteiger partial charge on any atom is -0.393 e. The molecule has 0 spiro atoms. The summed E-state index contributed by atoms with van der Waals surface area (Å²) in [5.74, 6) is 0. The van der Waals surface area contributed by atoms with Gasteiger partial charge in [-0.15, -0.1) is 0 Å². The minimum absolute atomic E-state index is 0.0639. The maximum atomic E-state index is 11.4. The van der Waals surface area contributed by atoms with Crippen molar-refractivity contribution >= 4 is 11.7 Å². The third-order valence-electron chi connectivity index (χ3n) is 2.24. The molecule has 0 fully saturated rings. The van der Waals surface area contributed by atoms with Crippen molar-refractivity contribution in [3.63, 3.8) is 0 Å². The summed E-state index contributed by atoms with van der Waals surface area (Å²) in [5.41, 5.74) is -0.304. The molecule has 0 aliphatic carbocycles. The van der Waals surface area contributed by atoms with Gasteiger partial charge in [0.2, 0.25) is 0 Å². The van der Waals surface area contributed by atoms with Crippen LogP contribution in [0.3, 0.4) is 0 Å². The Balaban J connectivity index is 2.47. The first-order valence-corrected chi connectivity index (χ1v) is 5.35. The molecule has 18 heavy (non-hydrogen) atoms. The van der Waals surface area contributed by atoms with Crippen molar-refractivity contribution in [2.24, 2.45) is 0 Å². The quantitative estimate of drug-likeness (QED) is 0.620. The number of amides is 2. The molecule has 1 aromatic carbocycles. The number of nitrogens with zero attached hydrogens (tertiary/aromatic N) is 1. The van der Waals surface area contributed by atoms with Gasteiger partial charge >= 0.3 is 6.03 Å². The average Bonchev–Trinajstić information content (AvgIpc) is 2.37. The van der Waals surface area contributed by atoms with E-state index in [1.807, 2.05) is 6.07 Å². The van der Waals surface area contributed by atoms with Gasteiger partial charge in [-0.25, -0.2) is 4.79 Å². The Morgan fingerprint density at radius 2 is 2.06 bits per heavy atom. The number of hydrogen-bond donors (Lipinski definition) is 4. The Hall–Kier alpha value is -2.10. The molecule has 0 aliphatic heterocycles. The molecule has 2 amide bonds. The second-order valence-corrected chi connectivity index (χ2v) is 4.15. The number of rotatable bonds is 4. The van der Waals surface area contributed by atoms with Crippen molar-refractivity contribution in [3.8, 4) is 6.07 Å². The lowest BCUT2D eigenvalue weighted by molar-refractivity contribution is 0.00514.